The second-order valence-corrected chi connectivity index (χ2v) is 9.42. The van der Waals surface area contributed by atoms with Crippen molar-refractivity contribution in [3.05, 3.63) is 42.2 Å². The highest BCUT2D eigenvalue weighted by Crippen LogP contribution is 2.46. The number of benzene rings is 1. The summed E-state index contributed by atoms with van der Waals surface area (Å²) in [7, 11) is 0. The van der Waals surface area contributed by atoms with Crippen LogP contribution in [-0.2, 0) is 20.0 Å². The van der Waals surface area contributed by atoms with Gasteiger partial charge in [0.25, 0.3) is 5.79 Å². The van der Waals surface area contributed by atoms with Crippen molar-refractivity contribution in [3.8, 4) is 17.1 Å². The first kappa shape index (κ1) is 25.4. The molecule has 2 aliphatic rings. The number of carboxylic acid groups (broad SMARTS) is 1. The second-order valence-electron chi connectivity index (χ2n) is 9.42. The summed E-state index contributed by atoms with van der Waals surface area (Å²) in [5, 5.41) is 9.36. The Kier molecular flexibility index (Phi) is 8.57. The van der Waals surface area contributed by atoms with Crippen LogP contribution >= 0.6 is 0 Å². The predicted octanol–water partition coefficient (Wildman–Crippen LogP) is 6.44. The van der Waals surface area contributed by atoms with Crippen molar-refractivity contribution in [2.45, 2.75) is 89.1 Å². The Labute approximate surface area is 207 Å². The molecule has 1 aromatic carbocycles. The molecule has 2 fully saturated rings. The van der Waals surface area contributed by atoms with E-state index < -0.39 is 17.7 Å². The summed E-state index contributed by atoms with van der Waals surface area (Å²) in [6.07, 6.45) is 13.5. The molecule has 0 radical (unpaired) electrons. The van der Waals surface area contributed by atoms with Crippen LogP contribution < -0.4 is 4.74 Å². The highest BCUT2D eigenvalue weighted by atomic mass is 16.9. The number of aromatic nitrogens is 2. The van der Waals surface area contributed by atoms with Crippen molar-refractivity contribution in [3.63, 3.8) is 0 Å². The van der Waals surface area contributed by atoms with Gasteiger partial charge in [-0.1, -0.05) is 45.4 Å². The summed E-state index contributed by atoms with van der Waals surface area (Å²) in [4.78, 5) is 20.4. The van der Waals surface area contributed by atoms with Crippen LogP contribution in [0, 0.1) is 0 Å². The van der Waals surface area contributed by atoms with Gasteiger partial charge in [-0.3, -0.25) is 0 Å². The predicted molar refractivity (Wildman–Crippen MR) is 130 cm³/mol. The van der Waals surface area contributed by atoms with Crippen molar-refractivity contribution in [1.29, 1.82) is 0 Å². The molecule has 0 amide bonds. The van der Waals surface area contributed by atoms with E-state index in [1.54, 1.807) is 12.4 Å². The molecule has 1 N–H and O–H groups in total. The molecule has 1 spiro atoms. The Morgan fingerprint density at radius 2 is 1.69 bits per heavy atom. The maximum absolute atomic E-state index is 11.5. The summed E-state index contributed by atoms with van der Waals surface area (Å²) in [5.74, 6) is -1.02. The number of hydrogen-bond acceptors (Lipinski definition) is 7. The zero-order valence-electron chi connectivity index (χ0n) is 20.5. The lowest BCUT2D eigenvalue weighted by atomic mass is 9.94. The van der Waals surface area contributed by atoms with Gasteiger partial charge >= 0.3 is 6.16 Å². The minimum absolute atomic E-state index is 0.0212. The van der Waals surface area contributed by atoms with E-state index in [2.05, 4.69) is 16.9 Å². The van der Waals surface area contributed by atoms with Gasteiger partial charge in [-0.2, -0.15) is 0 Å². The van der Waals surface area contributed by atoms with E-state index >= 15 is 0 Å². The minimum atomic E-state index is -1.56. The number of rotatable bonds is 11. The lowest BCUT2D eigenvalue weighted by Crippen LogP contribution is -2.39. The van der Waals surface area contributed by atoms with Crippen LogP contribution in [0.15, 0.2) is 36.7 Å². The van der Waals surface area contributed by atoms with Gasteiger partial charge in [0.2, 0.25) is 0 Å². The van der Waals surface area contributed by atoms with E-state index in [-0.39, 0.29) is 6.61 Å². The molecule has 1 aliphatic heterocycles. The van der Waals surface area contributed by atoms with Crippen molar-refractivity contribution in [2.24, 2.45) is 0 Å². The third-order valence-electron chi connectivity index (χ3n) is 6.71. The zero-order chi connectivity index (χ0) is 24.6. The minimum Gasteiger partial charge on any atom is -0.494 e. The van der Waals surface area contributed by atoms with Gasteiger partial charge in [-0.05, 0) is 43.5 Å². The van der Waals surface area contributed by atoms with Crippen LogP contribution in [0.4, 0.5) is 4.79 Å². The van der Waals surface area contributed by atoms with Gasteiger partial charge < -0.3 is 24.1 Å². The maximum atomic E-state index is 11.5. The number of unbranched alkanes of at least 4 members (excludes halogenated alkanes) is 5. The molecule has 2 aromatic rings. The van der Waals surface area contributed by atoms with E-state index in [0.29, 0.717) is 30.8 Å². The standard InChI is InChI=1S/C27H36N2O6/c1-2-3-4-5-6-10-17-32-23-13-11-21(12-14-23)24-28-18-22(19-29-24)27(34-25(30)31)20-33-26(35-27)15-8-7-9-16-26/h11-14,18-19H,2-10,15-17,20H2,1H3,(H,30,31)/t27-/m1/s1. The molecule has 35 heavy (non-hydrogen) atoms. The maximum Gasteiger partial charge on any atom is 0.508 e. The van der Waals surface area contributed by atoms with Gasteiger partial charge in [-0.25, -0.2) is 14.8 Å². The molecule has 4 rings (SSSR count). The number of nitrogens with zero attached hydrogens (tertiary/aromatic N) is 2. The Morgan fingerprint density at radius 1 is 1.00 bits per heavy atom. The first-order valence-electron chi connectivity index (χ1n) is 12.9. The third-order valence-corrected chi connectivity index (χ3v) is 6.71. The number of carbonyl (C=O) groups is 1. The third kappa shape index (κ3) is 6.49. The first-order valence-corrected chi connectivity index (χ1v) is 12.9. The van der Waals surface area contributed by atoms with Crippen LogP contribution in [0.2, 0.25) is 0 Å². The average Bonchev–Trinajstić information content (AvgIpc) is 3.22. The Balaban J connectivity index is 1.37. The normalized spacial score (nSPS) is 21.2. The van der Waals surface area contributed by atoms with Gasteiger partial charge in [0.15, 0.2) is 11.6 Å². The molecule has 0 bridgehead atoms. The van der Waals surface area contributed by atoms with E-state index in [0.717, 1.165) is 37.0 Å². The summed E-state index contributed by atoms with van der Waals surface area (Å²) in [5.41, 5.74) is 1.26. The van der Waals surface area contributed by atoms with Crippen LogP contribution in [0.1, 0.15) is 83.1 Å². The zero-order valence-corrected chi connectivity index (χ0v) is 20.5. The van der Waals surface area contributed by atoms with Crippen LogP contribution in [0.5, 0.6) is 5.75 Å². The van der Waals surface area contributed by atoms with Gasteiger partial charge in [0, 0.05) is 30.8 Å². The molecule has 1 atom stereocenters. The molecule has 0 unspecified atom stereocenters. The largest absolute Gasteiger partial charge is 0.508 e. The van der Waals surface area contributed by atoms with Gasteiger partial charge in [0.1, 0.15) is 12.4 Å². The van der Waals surface area contributed by atoms with Crippen molar-refractivity contribution in [1.82, 2.24) is 9.97 Å². The number of ether oxygens (including phenoxy) is 4. The number of hydrogen-bond donors (Lipinski definition) is 1. The van der Waals surface area contributed by atoms with E-state index in [1.807, 2.05) is 24.3 Å². The molecule has 8 nitrogen and oxygen atoms in total. The topological polar surface area (TPSA) is 100 Å². The monoisotopic (exact) mass is 484 g/mol. The molecule has 8 heteroatoms. The van der Waals surface area contributed by atoms with Crippen molar-refractivity contribution < 1.29 is 28.8 Å². The highest BCUT2D eigenvalue weighted by Gasteiger charge is 2.55. The SMILES string of the molecule is CCCCCCCCOc1ccc(-c2ncc([C@@]3(OC(=O)O)COC4(CCCCC4)O3)cn2)cc1. The quantitative estimate of drug-likeness (QED) is 0.287. The highest BCUT2D eigenvalue weighted by molar-refractivity contribution is 5.58. The van der Waals surface area contributed by atoms with E-state index in [1.165, 1.54) is 32.1 Å². The van der Waals surface area contributed by atoms with E-state index in [9.17, 15) is 9.90 Å². The molecule has 1 aliphatic carbocycles. The van der Waals surface area contributed by atoms with Crippen molar-refractivity contribution in [2.75, 3.05) is 13.2 Å². The van der Waals surface area contributed by atoms with Crippen LogP contribution in [-0.4, -0.2) is 40.2 Å². The molecule has 190 valence electrons. The molecule has 1 saturated carbocycles. The lowest BCUT2D eigenvalue weighted by Gasteiger charge is -2.34. The molecule has 1 aromatic heterocycles. The molecule has 1 saturated heterocycles. The van der Waals surface area contributed by atoms with E-state index in [4.69, 9.17) is 18.9 Å². The second kappa shape index (κ2) is 11.8. The smallest absolute Gasteiger partial charge is 0.494 e. The Morgan fingerprint density at radius 3 is 2.37 bits per heavy atom. The Hall–Kier alpha value is -2.71. The summed E-state index contributed by atoms with van der Waals surface area (Å²) >= 11 is 0. The summed E-state index contributed by atoms with van der Waals surface area (Å²) in [6, 6.07) is 7.67. The molecule has 2 heterocycles. The van der Waals surface area contributed by atoms with Crippen LogP contribution in [0.25, 0.3) is 11.4 Å². The summed E-state index contributed by atoms with van der Waals surface area (Å²) in [6.45, 7) is 2.92. The Bertz CT molecular complexity index is 943. The van der Waals surface area contributed by atoms with Gasteiger partial charge in [0.05, 0.1) is 12.2 Å². The van der Waals surface area contributed by atoms with Crippen molar-refractivity contribution >= 4 is 6.16 Å². The summed E-state index contributed by atoms with van der Waals surface area (Å²) < 4.78 is 23.2. The van der Waals surface area contributed by atoms with Gasteiger partial charge in [-0.15, -0.1) is 0 Å². The fraction of sp³-hybridized carbons (Fsp3) is 0.593. The first-order chi connectivity index (χ1) is 17.0. The fourth-order valence-electron chi connectivity index (χ4n) is 4.76. The molecular weight excluding hydrogens is 448 g/mol. The van der Waals surface area contributed by atoms with Crippen LogP contribution in [0.3, 0.4) is 0 Å². The fourth-order valence-corrected chi connectivity index (χ4v) is 4.76. The average molecular weight is 485 g/mol. The molecular formula is C27H36N2O6. The lowest BCUT2D eigenvalue weighted by molar-refractivity contribution is -0.264.